The number of rotatable bonds is 3. The summed E-state index contributed by atoms with van der Waals surface area (Å²) in [6.07, 6.45) is 4.60. The molecule has 2 rings (SSSR count). The lowest BCUT2D eigenvalue weighted by atomic mass is 9.79. The average molecular weight is 237 g/mol. The van der Waals surface area contributed by atoms with E-state index in [0.29, 0.717) is 6.04 Å². The molecule has 2 N–H and O–H groups in total. The maximum atomic E-state index is 10.6. The molecule has 0 bridgehead atoms. The number of hydrogen-bond donors (Lipinski definition) is 2. The predicted molar refractivity (Wildman–Crippen MR) is 67.9 cm³/mol. The molecule has 0 unspecified atom stereocenters. The second kappa shape index (κ2) is 4.78. The van der Waals surface area contributed by atoms with Gasteiger partial charge in [-0.2, -0.15) is 5.10 Å². The van der Waals surface area contributed by atoms with Gasteiger partial charge in [0.2, 0.25) is 0 Å². The van der Waals surface area contributed by atoms with E-state index in [2.05, 4.69) is 16.5 Å². The highest BCUT2D eigenvalue weighted by molar-refractivity contribution is 5.12. The summed E-state index contributed by atoms with van der Waals surface area (Å²) in [4.78, 5) is 0. The summed E-state index contributed by atoms with van der Waals surface area (Å²) in [6, 6.07) is 2.64. The van der Waals surface area contributed by atoms with Gasteiger partial charge in [-0.3, -0.25) is 4.68 Å². The van der Waals surface area contributed by atoms with Crippen LogP contribution in [0.3, 0.4) is 0 Å². The van der Waals surface area contributed by atoms with Gasteiger partial charge >= 0.3 is 0 Å². The van der Waals surface area contributed by atoms with Crippen LogP contribution in [0.4, 0.5) is 0 Å². The first-order valence-corrected chi connectivity index (χ1v) is 6.41. The van der Waals surface area contributed by atoms with Crippen LogP contribution >= 0.6 is 0 Å². The zero-order valence-corrected chi connectivity index (χ0v) is 11.0. The summed E-state index contributed by atoms with van der Waals surface area (Å²) >= 11 is 0. The van der Waals surface area contributed by atoms with E-state index in [9.17, 15) is 5.11 Å². The van der Waals surface area contributed by atoms with Crippen LogP contribution in [0.5, 0.6) is 0 Å². The molecule has 96 valence electrons. The molecule has 0 aromatic carbocycles. The van der Waals surface area contributed by atoms with E-state index in [1.54, 1.807) is 0 Å². The first kappa shape index (κ1) is 12.6. The van der Waals surface area contributed by atoms with E-state index < -0.39 is 5.60 Å². The maximum absolute atomic E-state index is 10.6. The van der Waals surface area contributed by atoms with Gasteiger partial charge in [0, 0.05) is 25.2 Å². The van der Waals surface area contributed by atoms with Crippen LogP contribution in [0, 0.1) is 6.92 Å². The third kappa shape index (κ3) is 2.87. The molecule has 1 aromatic heterocycles. The SMILES string of the molecule is CNC1CCC(O)(Cc2cc(C)nn2C)CC1. The fourth-order valence-corrected chi connectivity index (χ4v) is 2.79. The van der Waals surface area contributed by atoms with Gasteiger partial charge < -0.3 is 10.4 Å². The molecular weight excluding hydrogens is 214 g/mol. The van der Waals surface area contributed by atoms with Gasteiger partial charge in [-0.05, 0) is 45.7 Å². The lowest BCUT2D eigenvalue weighted by molar-refractivity contribution is -0.00390. The standard InChI is InChI=1S/C13H23N3O/c1-10-8-12(16(3)15-10)9-13(17)6-4-11(14-2)5-7-13/h8,11,14,17H,4-7,9H2,1-3H3. The van der Waals surface area contributed by atoms with Crippen molar-refractivity contribution in [2.45, 2.75) is 50.7 Å². The van der Waals surface area contributed by atoms with Crippen molar-refractivity contribution in [2.24, 2.45) is 7.05 Å². The normalized spacial score (nSPS) is 29.5. The minimum Gasteiger partial charge on any atom is -0.389 e. The Bertz CT molecular complexity index is 378. The molecule has 1 saturated carbocycles. The predicted octanol–water partition coefficient (Wildman–Crippen LogP) is 1.16. The van der Waals surface area contributed by atoms with E-state index in [1.165, 1.54) is 0 Å². The van der Waals surface area contributed by atoms with Crippen LogP contribution < -0.4 is 5.32 Å². The van der Waals surface area contributed by atoms with Gasteiger partial charge in [-0.15, -0.1) is 0 Å². The van der Waals surface area contributed by atoms with Crippen molar-refractivity contribution in [3.05, 3.63) is 17.5 Å². The van der Waals surface area contributed by atoms with E-state index in [0.717, 1.165) is 43.5 Å². The maximum Gasteiger partial charge on any atom is 0.0704 e. The molecule has 4 heteroatoms. The molecule has 0 saturated heterocycles. The van der Waals surface area contributed by atoms with Gasteiger partial charge in [0.15, 0.2) is 0 Å². The van der Waals surface area contributed by atoms with Gasteiger partial charge in [0.25, 0.3) is 0 Å². The Labute approximate surface area is 103 Å². The second-order valence-electron chi connectivity index (χ2n) is 5.36. The molecule has 0 radical (unpaired) electrons. The number of nitrogens with zero attached hydrogens (tertiary/aromatic N) is 2. The fraction of sp³-hybridized carbons (Fsp3) is 0.769. The van der Waals surface area contributed by atoms with E-state index >= 15 is 0 Å². The minimum atomic E-state index is -0.534. The van der Waals surface area contributed by atoms with E-state index in [-0.39, 0.29) is 0 Å². The highest BCUT2D eigenvalue weighted by atomic mass is 16.3. The highest BCUT2D eigenvalue weighted by Crippen LogP contribution is 2.31. The summed E-state index contributed by atoms with van der Waals surface area (Å²) < 4.78 is 1.89. The Morgan fingerprint density at radius 1 is 1.53 bits per heavy atom. The lowest BCUT2D eigenvalue weighted by Crippen LogP contribution is -2.41. The highest BCUT2D eigenvalue weighted by Gasteiger charge is 2.33. The van der Waals surface area contributed by atoms with Gasteiger partial charge in [0.05, 0.1) is 11.3 Å². The van der Waals surface area contributed by atoms with Crippen LogP contribution in [0.1, 0.15) is 37.1 Å². The summed E-state index contributed by atoms with van der Waals surface area (Å²) in [6.45, 7) is 1.99. The number of hydrogen-bond acceptors (Lipinski definition) is 3. The summed E-state index contributed by atoms with van der Waals surface area (Å²) in [7, 11) is 3.95. The molecule has 0 amide bonds. The van der Waals surface area contributed by atoms with Gasteiger partial charge in [-0.1, -0.05) is 0 Å². The zero-order chi connectivity index (χ0) is 12.5. The molecule has 17 heavy (non-hydrogen) atoms. The fourth-order valence-electron chi connectivity index (χ4n) is 2.79. The molecule has 1 heterocycles. The smallest absolute Gasteiger partial charge is 0.0704 e. The van der Waals surface area contributed by atoms with E-state index in [4.69, 9.17) is 0 Å². The summed E-state index contributed by atoms with van der Waals surface area (Å²) in [5, 5.41) is 18.2. The van der Waals surface area contributed by atoms with Crippen molar-refractivity contribution in [2.75, 3.05) is 7.05 Å². The molecule has 1 aliphatic rings. The molecule has 1 aromatic rings. The zero-order valence-electron chi connectivity index (χ0n) is 11.0. The molecule has 0 aliphatic heterocycles. The van der Waals surface area contributed by atoms with Crippen molar-refractivity contribution in [3.8, 4) is 0 Å². The molecule has 0 atom stereocenters. The Morgan fingerprint density at radius 3 is 2.65 bits per heavy atom. The minimum absolute atomic E-state index is 0.534. The number of aryl methyl sites for hydroxylation is 2. The summed E-state index contributed by atoms with van der Waals surface area (Å²) in [5.74, 6) is 0. The van der Waals surface area contributed by atoms with Crippen molar-refractivity contribution in [1.29, 1.82) is 0 Å². The van der Waals surface area contributed by atoms with Gasteiger partial charge in [0.1, 0.15) is 0 Å². The van der Waals surface area contributed by atoms with Crippen LogP contribution in [0.15, 0.2) is 6.07 Å². The topological polar surface area (TPSA) is 50.1 Å². The third-order valence-corrected chi connectivity index (χ3v) is 3.93. The first-order valence-electron chi connectivity index (χ1n) is 6.41. The monoisotopic (exact) mass is 237 g/mol. The molecule has 1 fully saturated rings. The second-order valence-corrected chi connectivity index (χ2v) is 5.36. The van der Waals surface area contributed by atoms with Crippen LogP contribution in [0.2, 0.25) is 0 Å². The van der Waals surface area contributed by atoms with Crippen LogP contribution in [-0.4, -0.2) is 33.6 Å². The van der Waals surface area contributed by atoms with Crippen molar-refractivity contribution < 1.29 is 5.11 Å². The van der Waals surface area contributed by atoms with Crippen molar-refractivity contribution in [1.82, 2.24) is 15.1 Å². The average Bonchev–Trinajstić information content (AvgIpc) is 2.58. The van der Waals surface area contributed by atoms with Gasteiger partial charge in [-0.25, -0.2) is 0 Å². The largest absolute Gasteiger partial charge is 0.389 e. The van der Waals surface area contributed by atoms with Crippen molar-refractivity contribution >= 4 is 0 Å². The molecular formula is C13H23N3O. The molecule has 0 spiro atoms. The van der Waals surface area contributed by atoms with E-state index in [1.807, 2.05) is 25.7 Å². The quantitative estimate of drug-likeness (QED) is 0.829. The van der Waals surface area contributed by atoms with Crippen LogP contribution in [-0.2, 0) is 13.5 Å². The molecule has 4 nitrogen and oxygen atoms in total. The number of aromatic nitrogens is 2. The summed E-state index contributed by atoms with van der Waals surface area (Å²) in [5.41, 5.74) is 1.62. The van der Waals surface area contributed by atoms with Crippen molar-refractivity contribution in [3.63, 3.8) is 0 Å². The third-order valence-electron chi connectivity index (χ3n) is 3.93. The Hall–Kier alpha value is -0.870. The number of aliphatic hydroxyl groups is 1. The lowest BCUT2D eigenvalue weighted by Gasteiger charge is -2.36. The Kier molecular flexibility index (Phi) is 3.54. The first-order chi connectivity index (χ1) is 8.02. The van der Waals surface area contributed by atoms with Crippen LogP contribution in [0.25, 0.3) is 0 Å². The Morgan fingerprint density at radius 2 is 2.18 bits per heavy atom. The molecule has 1 aliphatic carbocycles. The number of nitrogens with one attached hydrogen (secondary N) is 1. The Balaban J connectivity index is 2.01.